The Morgan fingerprint density at radius 3 is 2.32 bits per heavy atom. The molecule has 0 aromatic heterocycles. The van der Waals surface area contributed by atoms with E-state index < -0.39 is 0 Å². The molecule has 0 aliphatic carbocycles. The minimum atomic E-state index is 0.275. The third-order valence-electron chi connectivity index (χ3n) is 6.11. The van der Waals surface area contributed by atoms with Gasteiger partial charge in [0.2, 0.25) is 5.91 Å². The van der Waals surface area contributed by atoms with Crippen LogP contribution in [-0.2, 0) is 9.59 Å². The minimum absolute atomic E-state index is 0.275. The second-order valence-electron chi connectivity index (χ2n) is 8.39. The van der Waals surface area contributed by atoms with Crippen LogP contribution in [0.2, 0.25) is 0 Å². The van der Waals surface area contributed by atoms with Crippen molar-refractivity contribution in [3.63, 3.8) is 0 Å². The molecule has 0 spiro atoms. The van der Waals surface area contributed by atoms with E-state index in [0.717, 1.165) is 64.2 Å². The third-order valence-corrected chi connectivity index (χ3v) is 6.11. The standard InChI is InChI=1S/C26H36N2O3/c1-2-24(29)11-5-3-4-6-12-26(30)28-17-15-27(16-18-28)19-20-31-25-14-13-22-9-7-8-10-23(22)21-25/h7-10,13-14,21H,2-6,11-12,15-20H2,1H3. The Bertz CT molecular complexity index is 843. The highest BCUT2D eigenvalue weighted by molar-refractivity contribution is 5.83. The molecule has 1 aliphatic rings. The first kappa shape index (κ1) is 23.3. The van der Waals surface area contributed by atoms with Crippen molar-refractivity contribution in [2.75, 3.05) is 39.3 Å². The number of hydrogen-bond donors (Lipinski definition) is 0. The lowest BCUT2D eigenvalue weighted by Gasteiger charge is -2.34. The molecule has 0 bridgehead atoms. The molecule has 1 amide bonds. The summed E-state index contributed by atoms with van der Waals surface area (Å²) < 4.78 is 5.96. The Hall–Kier alpha value is -2.40. The molecule has 2 aromatic rings. The number of piperazine rings is 1. The summed E-state index contributed by atoms with van der Waals surface area (Å²) in [5.41, 5.74) is 0. The fraction of sp³-hybridized carbons (Fsp3) is 0.538. The molecule has 1 aliphatic heterocycles. The van der Waals surface area contributed by atoms with Gasteiger partial charge in [0.1, 0.15) is 18.1 Å². The Labute approximate surface area is 186 Å². The maximum absolute atomic E-state index is 12.4. The number of hydrogen-bond acceptors (Lipinski definition) is 4. The van der Waals surface area contributed by atoms with Crippen molar-refractivity contribution in [2.45, 2.75) is 51.9 Å². The molecule has 0 atom stereocenters. The molecule has 5 heteroatoms. The Kier molecular flexibility index (Phi) is 9.35. The largest absolute Gasteiger partial charge is 0.492 e. The van der Waals surface area contributed by atoms with Gasteiger partial charge in [0, 0.05) is 52.0 Å². The molecule has 168 valence electrons. The second kappa shape index (κ2) is 12.5. The number of amides is 1. The molecule has 1 heterocycles. The maximum Gasteiger partial charge on any atom is 0.222 e. The van der Waals surface area contributed by atoms with Gasteiger partial charge < -0.3 is 9.64 Å². The number of unbranched alkanes of at least 4 members (excludes halogenated alkanes) is 3. The van der Waals surface area contributed by atoms with Crippen LogP contribution in [0, 0.1) is 0 Å². The molecule has 1 fully saturated rings. The summed E-state index contributed by atoms with van der Waals surface area (Å²) in [5.74, 6) is 1.53. The third kappa shape index (κ3) is 7.66. The molecule has 0 saturated carbocycles. The summed E-state index contributed by atoms with van der Waals surface area (Å²) in [6.45, 7) is 6.88. The fourth-order valence-corrected chi connectivity index (χ4v) is 4.06. The summed E-state index contributed by atoms with van der Waals surface area (Å²) in [6.07, 6.45) is 5.93. The predicted octanol–water partition coefficient (Wildman–Crippen LogP) is 4.68. The Morgan fingerprint density at radius 2 is 1.58 bits per heavy atom. The lowest BCUT2D eigenvalue weighted by molar-refractivity contribution is -0.133. The molecule has 0 radical (unpaired) electrons. The van der Waals surface area contributed by atoms with E-state index in [2.05, 4.69) is 29.2 Å². The van der Waals surface area contributed by atoms with Crippen LogP contribution in [0.15, 0.2) is 42.5 Å². The number of fused-ring (bicyclic) bond motifs is 1. The number of ether oxygens (including phenoxy) is 1. The zero-order valence-corrected chi connectivity index (χ0v) is 18.9. The topological polar surface area (TPSA) is 49.9 Å². The second-order valence-corrected chi connectivity index (χ2v) is 8.39. The number of rotatable bonds is 12. The molecular formula is C26H36N2O3. The van der Waals surface area contributed by atoms with Gasteiger partial charge in [-0.2, -0.15) is 0 Å². The average molecular weight is 425 g/mol. The monoisotopic (exact) mass is 424 g/mol. The molecule has 3 rings (SSSR count). The van der Waals surface area contributed by atoms with Crippen LogP contribution in [0.5, 0.6) is 5.75 Å². The van der Waals surface area contributed by atoms with E-state index in [0.29, 0.717) is 31.7 Å². The van der Waals surface area contributed by atoms with Crippen LogP contribution in [0.4, 0.5) is 0 Å². The van der Waals surface area contributed by atoms with Gasteiger partial charge in [-0.1, -0.05) is 50.1 Å². The summed E-state index contributed by atoms with van der Waals surface area (Å²) in [4.78, 5) is 28.1. The zero-order chi connectivity index (χ0) is 21.9. The molecule has 0 unspecified atom stereocenters. The first-order chi connectivity index (χ1) is 15.2. The normalized spacial score (nSPS) is 14.7. The first-order valence-electron chi connectivity index (χ1n) is 11.8. The van der Waals surface area contributed by atoms with Crippen molar-refractivity contribution in [1.82, 2.24) is 9.80 Å². The van der Waals surface area contributed by atoms with Gasteiger partial charge in [-0.05, 0) is 35.7 Å². The zero-order valence-electron chi connectivity index (χ0n) is 18.9. The molecular weight excluding hydrogens is 388 g/mol. The molecule has 2 aromatic carbocycles. The highest BCUT2D eigenvalue weighted by atomic mass is 16.5. The number of nitrogens with zero attached hydrogens (tertiary/aromatic N) is 2. The fourth-order valence-electron chi connectivity index (χ4n) is 4.06. The van der Waals surface area contributed by atoms with Crippen molar-refractivity contribution in [3.8, 4) is 5.75 Å². The molecule has 31 heavy (non-hydrogen) atoms. The van der Waals surface area contributed by atoms with Crippen molar-refractivity contribution in [1.29, 1.82) is 0 Å². The smallest absolute Gasteiger partial charge is 0.222 e. The van der Waals surface area contributed by atoms with Crippen LogP contribution >= 0.6 is 0 Å². The van der Waals surface area contributed by atoms with Crippen molar-refractivity contribution < 1.29 is 14.3 Å². The number of carbonyl (C=O) groups is 2. The summed E-state index contributed by atoms with van der Waals surface area (Å²) in [7, 11) is 0. The molecule has 0 N–H and O–H groups in total. The number of Topliss-reactive ketones (excluding diaryl/α,β-unsaturated/α-hetero) is 1. The van der Waals surface area contributed by atoms with Crippen LogP contribution < -0.4 is 4.74 Å². The van der Waals surface area contributed by atoms with E-state index in [1.165, 1.54) is 10.8 Å². The van der Waals surface area contributed by atoms with E-state index in [-0.39, 0.29) is 5.91 Å². The highest BCUT2D eigenvalue weighted by Gasteiger charge is 2.20. The maximum atomic E-state index is 12.4. The van der Waals surface area contributed by atoms with Crippen LogP contribution in [0.25, 0.3) is 10.8 Å². The molecule has 5 nitrogen and oxygen atoms in total. The minimum Gasteiger partial charge on any atom is -0.492 e. The lowest BCUT2D eigenvalue weighted by Crippen LogP contribution is -2.49. The Morgan fingerprint density at radius 1 is 0.871 bits per heavy atom. The summed E-state index contributed by atoms with van der Waals surface area (Å²) in [6, 6.07) is 14.5. The van der Waals surface area contributed by atoms with Crippen molar-refractivity contribution >= 4 is 22.5 Å². The van der Waals surface area contributed by atoms with Crippen LogP contribution in [-0.4, -0.2) is 60.8 Å². The van der Waals surface area contributed by atoms with E-state index in [9.17, 15) is 9.59 Å². The SMILES string of the molecule is CCC(=O)CCCCCCC(=O)N1CCN(CCOc2ccc3ccccc3c2)CC1. The number of ketones is 1. The van der Waals surface area contributed by atoms with Gasteiger partial charge in [-0.25, -0.2) is 0 Å². The predicted molar refractivity (Wildman–Crippen MR) is 125 cm³/mol. The number of benzene rings is 2. The quantitative estimate of drug-likeness (QED) is 0.464. The van der Waals surface area contributed by atoms with Gasteiger partial charge in [-0.15, -0.1) is 0 Å². The van der Waals surface area contributed by atoms with Gasteiger partial charge in [0.15, 0.2) is 0 Å². The number of carbonyl (C=O) groups excluding carboxylic acids is 2. The van der Waals surface area contributed by atoms with E-state index in [1.807, 2.05) is 30.0 Å². The van der Waals surface area contributed by atoms with E-state index in [4.69, 9.17) is 4.74 Å². The van der Waals surface area contributed by atoms with Gasteiger partial charge in [0.25, 0.3) is 0 Å². The first-order valence-corrected chi connectivity index (χ1v) is 11.8. The average Bonchev–Trinajstić information content (AvgIpc) is 2.81. The van der Waals surface area contributed by atoms with E-state index >= 15 is 0 Å². The Balaban J connectivity index is 1.27. The van der Waals surface area contributed by atoms with Crippen molar-refractivity contribution in [3.05, 3.63) is 42.5 Å². The summed E-state index contributed by atoms with van der Waals surface area (Å²) >= 11 is 0. The van der Waals surface area contributed by atoms with Crippen molar-refractivity contribution in [2.24, 2.45) is 0 Å². The van der Waals surface area contributed by atoms with Gasteiger partial charge >= 0.3 is 0 Å². The van der Waals surface area contributed by atoms with E-state index in [1.54, 1.807) is 0 Å². The summed E-state index contributed by atoms with van der Waals surface area (Å²) in [5, 5.41) is 2.42. The highest BCUT2D eigenvalue weighted by Crippen LogP contribution is 2.20. The van der Waals surface area contributed by atoms with Crippen LogP contribution in [0.3, 0.4) is 0 Å². The lowest BCUT2D eigenvalue weighted by atomic mass is 10.1. The van der Waals surface area contributed by atoms with Gasteiger partial charge in [0.05, 0.1) is 0 Å². The molecule has 1 saturated heterocycles. The van der Waals surface area contributed by atoms with Crippen LogP contribution in [0.1, 0.15) is 51.9 Å². The van der Waals surface area contributed by atoms with Gasteiger partial charge in [-0.3, -0.25) is 14.5 Å².